The van der Waals surface area contributed by atoms with E-state index in [1.54, 1.807) is 14.0 Å². The maximum absolute atomic E-state index is 11.6. The molecule has 6 heteroatoms. The van der Waals surface area contributed by atoms with E-state index in [1.807, 2.05) is 13.8 Å². The lowest BCUT2D eigenvalue weighted by atomic mass is 9.99. The van der Waals surface area contributed by atoms with Gasteiger partial charge in [0.2, 0.25) is 5.91 Å². The van der Waals surface area contributed by atoms with Crippen molar-refractivity contribution in [2.24, 2.45) is 5.92 Å². The van der Waals surface area contributed by atoms with Crippen molar-refractivity contribution in [1.29, 1.82) is 0 Å². The molecule has 0 aromatic rings. The summed E-state index contributed by atoms with van der Waals surface area (Å²) in [5.41, 5.74) is 0. The second kappa shape index (κ2) is 10.4. The Labute approximate surface area is 109 Å². The zero-order valence-electron chi connectivity index (χ0n) is 10.9. The average Bonchev–Trinajstić information content (AvgIpc) is 2.25. The van der Waals surface area contributed by atoms with Crippen LogP contribution in [0.25, 0.3) is 0 Å². The van der Waals surface area contributed by atoms with Gasteiger partial charge in [0.1, 0.15) is 6.04 Å². The summed E-state index contributed by atoms with van der Waals surface area (Å²) in [5, 5.41) is 5.41. The van der Waals surface area contributed by atoms with Crippen molar-refractivity contribution < 1.29 is 14.3 Å². The molecule has 0 saturated heterocycles. The molecule has 0 aromatic heterocycles. The summed E-state index contributed by atoms with van der Waals surface area (Å²) in [4.78, 5) is 23.0. The lowest BCUT2D eigenvalue weighted by Gasteiger charge is -2.22. The zero-order chi connectivity index (χ0) is 12.6. The van der Waals surface area contributed by atoms with Crippen LogP contribution < -0.4 is 10.6 Å². The summed E-state index contributed by atoms with van der Waals surface area (Å²) in [7, 11) is 1.68. The molecule has 0 saturated carbocycles. The van der Waals surface area contributed by atoms with Crippen LogP contribution in [-0.2, 0) is 14.3 Å². The molecule has 0 bridgehead atoms. The van der Waals surface area contributed by atoms with Crippen LogP contribution in [0.1, 0.15) is 27.2 Å². The first-order valence-electron chi connectivity index (χ1n) is 5.67. The number of carbonyl (C=O) groups excluding carboxylic acids is 2. The Morgan fingerprint density at radius 1 is 1.29 bits per heavy atom. The predicted octanol–water partition coefficient (Wildman–Crippen LogP) is 0.722. The fraction of sp³-hybridized carbons (Fsp3) is 0.818. The number of hydrogen-bond acceptors (Lipinski definition) is 4. The molecule has 17 heavy (non-hydrogen) atoms. The van der Waals surface area contributed by atoms with Gasteiger partial charge in [-0.2, -0.15) is 0 Å². The maximum Gasteiger partial charge on any atom is 0.328 e. The van der Waals surface area contributed by atoms with Crippen molar-refractivity contribution in [2.45, 2.75) is 33.2 Å². The van der Waals surface area contributed by atoms with Gasteiger partial charge in [-0.1, -0.05) is 20.3 Å². The molecule has 0 radical (unpaired) electrons. The van der Waals surface area contributed by atoms with Crippen LogP contribution in [0.2, 0.25) is 0 Å². The van der Waals surface area contributed by atoms with Crippen LogP contribution >= 0.6 is 12.4 Å². The van der Waals surface area contributed by atoms with E-state index < -0.39 is 6.04 Å². The highest BCUT2D eigenvalue weighted by Crippen LogP contribution is 2.09. The second-order valence-electron chi connectivity index (χ2n) is 3.71. The first kappa shape index (κ1) is 18.6. The number of esters is 1. The molecule has 0 aliphatic carbocycles. The van der Waals surface area contributed by atoms with E-state index in [4.69, 9.17) is 4.74 Å². The van der Waals surface area contributed by atoms with E-state index in [-0.39, 0.29) is 36.7 Å². The monoisotopic (exact) mass is 266 g/mol. The number of carbonyl (C=O) groups is 2. The number of halogens is 1. The Morgan fingerprint density at radius 2 is 1.88 bits per heavy atom. The molecule has 2 atom stereocenters. The maximum atomic E-state index is 11.6. The topological polar surface area (TPSA) is 67.4 Å². The van der Waals surface area contributed by atoms with Crippen LogP contribution in [-0.4, -0.2) is 38.1 Å². The minimum absolute atomic E-state index is 0. The van der Waals surface area contributed by atoms with Gasteiger partial charge in [-0.25, -0.2) is 4.79 Å². The van der Waals surface area contributed by atoms with Crippen LogP contribution in [0.15, 0.2) is 0 Å². The van der Waals surface area contributed by atoms with Crippen LogP contribution in [0.4, 0.5) is 0 Å². The summed E-state index contributed by atoms with van der Waals surface area (Å²) in [5.74, 6) is -0.484. The molecule has 2 unspecified atom stereocenters. The highest BCUT2D eigenvalue weighted by Gasteiger charge is 2.26. The van der Waals surface area contributed by atoms with E-state index in [9.17, 15) is 9.59 Å². The Hall–Kier alpha value is -0.810. The van der Waals surface area contributed by atoms with Gasteiger partial charge in [-0.3, -0.25) is 4.79 Å². The van der Waals surface area contributed by atoms with Gasteiger partial charge in [0, 0.05) is 0 Å². The first-order valence-corrected chi connectivity index (χ1v) is 5.67. The van der Waals surface area contributed by atoms with Gasteiger partial charge >= 0.3 is 5.97 Å². The zero-order valence-corrected chi connectivity index (χ0v) is 11.7. The highest BCUT2D eigenvalue weighted by molar-refractivity contribution is 5.86. The van der Waals surface area contributed by atoms with Gasteiger partial charge in [-0.15, -0.1) is 12.4 Å². The third-order valence-corrected chi connectivity index (χ3v) is 2.41. The number of rotatable bonds is 7. The van der Waals surface area contributed by atoms with E-state index >= 15 is 0 Å². The summed E-state index contributed by atoms with van der Waals surface area (Å²) in [6, 6.07) is -0.550. The molecule has 1 amide bonds. The number of ether oxygens (including phenoxy) is 1. The molecular weight excluding hydrogens is 244 g/mol. The van der Waals surface area contributed by atoms with Crippen LogP contribution in [0.5, 0.6) is 0 Å². The van der Waals surface area contributed by atoms with Crippen LogP contribution in [0.3, 0.4) is 0 Å². The minimum atomic E-state index is -0.550. The fourth-order valence-corrected chi connectivity index (χ4v) is 1.29. The summed E-state index contributed by atoms with van der Waals surface area (Å²) < 4.78 is 4.93. The minimum Gasteiger partial charge on any atom is -0.464 e. The van der Waals surface area contributed by atoms with E-state index in [1.165, 1.54) is 0 Å². The molecule has 0 aliphatic rings. The molecule has 0 fully saturated rings. The van der Waals surface area contributed by atoms with Gasteiger partial charge in [0.05, 0.1) is 13.2 Å². The first-order chi connectivity index (χ1) is 7.56. The van der Waals surface area contributed by atoms with Crippen molar-refractivity contribution in [1.82, 2.24) is 10.6 Å². The van der Waals surface area contributed by atoms with Crippen molar-refractivity contribution in [3.63, 3.8) is 0 Å². The van der Waals surface area contributed by atoms with Gasteiger partial charge in [0.25, 0.3) is 0 Å². The van der Waals surface area contributed by atoms with Gasteiger partial charge in [0.15, 0.2) is 0 Å². The fourth-order valence-electron chi connectivity index (χ4n) is 1.29. The standard InChI is InChI=1S/C11H22N2O3.ClH/c1-5-8(3)10(11(15)16-6-2)13-9(14)7-12-4;/h8,10,12H,5-7H2,1-4H3,(H,13,14);1H. The Kier molecular flexibility index (Phi) is 11.3. The Bertz CT molecular complexity index is 237. The third kappa shape index (κ3) is 7.18. The molecule has 0 rings (SSSR count). The number of hydrogen-bond donors (Lipinski definition) is 2. The SMILES string of the molecule is CCOC(=O)C(NC(=O)CNC)C(C)CC.Cl. The summed E-state index contributed by atoms with van der Waals surface area (Å²) in [6.45, 7) is 6.17. The predicted molar refractivity (Wildman–Crippen MR) is 69.2 cm³/mol. The van der Waals surface area contributed by atoms with Crippen molar-refractivity contribution in [3.8, 4) is 0 Å². The molecule has 0 aliphatic heterocycles. The molecule has 102 valence electrons. The number of nitrogens with one attached hydrogen (secondary N) is 2. The van der Waals surface area contributed by atoms with E-state index in [0.717, 1.165) is 6.42 Å². The smallest absolute Gasteiger partial charge is 0.328 e. The summed E-state index contributed by atoms with van der Waals surface area (Å²) >= 11 is 0. The molecule has 0 heterocycles. The van der Waals surface area contributed by atoms with Crippen molar-refractivity contribution in [2.75, 3.05) is 20.2 Å². The molecular formula is C11H23ClN2O3. The third-order valence-electron chi connectivity index (χ3n) is 2.41. The molecule has 5 nitrogen and oxygen atoms in total. The van der Waals surface area contributed by atoms with Crippen molar-refractivity contribution in [3.05, 3.63) is 0 Å². The lowest BCUT2D eigenvalue weighted by molar-refractivity contribution is -0.148. The Morgan fingerprint density at radius 3 is 2.29 bits per heavy atom. The summed E-state index contributed by atoms with van der Waals surface area (Å²) in [6.07, 6.45) is 0.809. The van der Waals surface area contributed by atoms with E-state index in [0.29, 0.717) is 6.61 Å². The quantitative estimate of drug-likeness (QED) is 0.667. The molecule has 2 N–H and O–H groups in total. The number of likely N-dealkylation sites (N-methyl/N-ethyl adjacent to an activating group) is 1. The van der Waals surface area contributed by atoms with Crippen LogP contribution in [0, 0.1) is 5.92 Å². The second-order valence-corrected chi connectivity index (χ2v) is 3.71. The van der Waals surface area contributed by atoms with Crippen molar-refractivity contribution >= 4 is 24.3 Å². The Balaban J connectivity index is 0. The molecule has 0 aromatic carbocycles. The van der Waals surface area contributed by atoms with Gasteiger partial charge < -0.3 is 15.4 Å². The normalized spacial score (nSPS) is 13.2. The van der Waals surface area contributed by atoms with E-state index in [2.05, 4.69) is 10.6 Å². The average molecular weight is 267 g/mol. The highest BCUT2D eigenvalue weighted by atomic mass is 35.5. The van der Waals surface area contributed by atoms with Gasteiger partial charge in [-0.05, 0) is 19.9 Å². The molecule has 0 spiro atoms. The number of amides is 1. The lowest BCUT2D eigenvalue weighted by Crippen LogP contribution is -2.48. The largest absolute Gasteiger partial charge is 0.464 e.